The summed E-state index contributed by atoms with van der Waals surface area (Å²) in [5, 5.41) is 20.7. The lowest BCUT2D eigenvalue weighted by Gasteiger charge is -2.13. The summed E-state index contributed by atoms with van der Waals surface area (Å²) in [5.74, 6) is -0.265. The lowest BCUT2D eigenvalue weighted by Crippen LogP contribution is -2.29. The van der Waals surface area contributed by atoms with Crippen molar-refractivity contribution in [1.29, 1.82) is 0 Å². The summed E-state index contributed by atoms with van der Waals surface area (Å²) >= 11 is 0. The quantitative estimate of drug-likeness (QED) is 0.553. The summed E-state index contributed by atoms with van der Waals surface area (Å²) in [5.41, 5.74) is 4.21. The Morgan fingerprint density at radius 2 is 1.27 bits per heavy atom. The molecular weight excluding hydrogens is 326 g/mol. The molecule has 0 saturated heterocycles. The zero-order valence-electron chi connectivity index (χ0n) is 13.9. The van der Waals surface area contributed by atoms with Crippen molar-refractivity contribution in [3.05, 3.63) is 90.7 Å². The molecule has 0 fully saturated rings. The summed E-state index contributed by atoms with van der Waals surface area (Å²) in [6.45, 7) is 0. The number of benzene rings is 4. The van der Waals surface area contributed by atoms with Gasteiger partial charge in [0.15, 0.2) is 0 Å². The van der Waals surface area contributed by atoms with Crippen molar-refractivity contribution in [2.75, 3.05) is 0 Å². The Kier molecular flexibility index (Phi) is 4.29. The maximum absolute atomic E-state index is 13.7. The molecule has 2 nitrogen and oxygen atoms in total. The minimum atomic E-state index is -1.49. The van der Waals surface area contributed by atoms with Crippen LogP contribution in [0.3, 0.4) is 0 Å². The molecule has 0 amide bonds. The molecule has 0 heterocycles. The maximum atomic E-state index is 13.7. The maximum Gasteiger partial charge on any atom is 0.488 e. The molecule has 0 bridgehead atoms. The van der Waals surface area contributed by atoms with E-state index in [9.17, 15) is 14.4 Å². The first kappa shape index (κ1) is 16.5. The average molecular weight is 342 g/mol. The van der Waals surface area contributed by atoms with E-state index in [2.05, 4.69) is 0 Å². The Bertz CT molecular complexity index is 1070. The molecule has 0 spiro atoms. The van der Waals surface area contributed by atoms with Crippen molar-refractivity contribution >= 4 is 23.4 Å². The van der Waals surface area contributed by atoms with Gasteiger partial charge in [-0.25, -0.2) is 4.39 Å². The van der Waals surface area contributed by atoms with E-state index in [1.165, 1.54) is 12.1 Å². The smallest absolute Gasteiger partial charge is 0.423 e. The van der Waals surface area contributed by atoms with Crippen molar-refractivity contribution in [1.82, 2.24) is 0 Å². The van der Waals surface area contributed by atoms with Crippen molar-refractivity contribution in [3.8, 4) is 22.3 Å². The monoisotopic (exact) mass is 342 g/mol. The largest absolute Gasteiger partial charge is 0.488 e. The van der Waals surface area contributed by atoms with Gasteiger partial charge in [-0.05, 0) is 50.6 Å². The molecule has 26 heavy (non-hydrogen) atoms. The molecule has 0 unspecified atom stereocenters. The van der Waals surface area contributed by atoms with E-state index in [4.69, 9.17) is 0 Å². The van der Waals surface area contributed by atoms with Crippen LogP contribution in [0.1, 0.15) is 0 Å². The number of hydrogen-bond donors (Lipinski definition) is 2. The summed E-state index contributed by atoms with van der Waals surface area (Å²) in [6.07, 6.45) is 0. The Morgan fingerprint density at radius 3 is 1.88 bits per heavy atom. The van der Waals surface area contributed by atoms with E-state index in [-0.39, 0.29) is 5.82 Å². The summed E-state index contributed by atoms with van der Waals surface area (Å²) in [4.78, 5) is 0. The molecule has 0 aliphatic rings. The third-order valence-corrected chi connectivity index (χ3v) is 4.56. The lowest BCUT2D eigenvalue weighted by atomic mass is 9.79. The molecule has 0 aliphatic carbocycles. The number of fused-ring (bicyclic) bond motifs is 1. The molecular formula is C22H16BFO2. The predicted molar refractivity (Wildman–Crippen MR) is 105 cm³/mol. The molecule has 0 aromatic heterocycles. The average Bonchev–Trinajstić information content (AvgIpc) is 2.67. The van der Waals surface area contributed by atoms with Gasteiger partial charge in [-0.2, -0.15) is 0 Å². The van der Waals surface area contributed by atoms with Crippen LogP contribution in [-0.4, -0.2) is 17.2 Å². The van der Waals surface area contributed by atoms with Gasteiger partial charge in [0.1, 0.15) is 5.82 Å². The van der Waals surface area contributed by atoms with Gasteiger partial charge in [0.05, 0.1) is 0 Å². The summed E-state index contributed by atoms with van der Waals surface area (Å²) in [7, 11) is -1.49. The SMILES string of the molecule is OB(O)c1ccc(-c2cccc3cccc(-c4cccc(F)c4)c23)cc1. The standard InChI is InChI=1S/C22H16BFO2/c24-19-7-1-6-17(14-19)21-9-3-5-16-4-2-8-20(22(16)21)15-10-12-18(13-11-15)23(25)26/h1-14,25-26H. The number of rotatable bonds is 3. The van der Waals surface area contributed by atoms with E-state index >= 15 is 0 Å². The Morgan fingerprint density at radius 1 is 0.654 bits per heavy atom. The zero-order valence-corrected chi connectivity index (χ0v) is 13.9. The van der Waals surface area contributed by atoms with Gasteiger partial charge in [0, 0.05) is 0 Å². The number of halogens is 1. The summed E-state index contributed by atoms with van der Waals surface area (Å²) in [6, 6.07) is 25.8. The van der Waals surface area contributed by atoms with Crippen molar-refractivity contribution in [2.24, 2.45) is 0 Å². The van der Waals surface area contributed by atoms with Crippen LogP contribution < -0.4 is 5.46 Å². The second-order valence-corrected chi connectivity index (χ2v) is 6.22. The van der Waals surface area contributed by atoms with Gasteiger partial charge < -0.3 is 10.0 Å². The van der Waals surface area contributed by atoms with Crippen LogP contribution in [0.25, 0.3) is 33.0 Å². The van der Waals surface area contributed by atoms with Gasteiger partial charge in [-0.15, -0.1) is 0 Å². The van der Waals surface area contributed by atoms with Crippen LogP contribution >= 0.6 is 0 Å². The van der Waals surface area contributed by atoms with Crippen LogP contribution in [0.5, 0.6) is 0 Å². The fraction of sp³-hybridized carbons (Fsp3) is 0. The Hall–Kier alpha value is -2.95. The number of hydrogen-bond acceptors (Lipinski definition) is 2. The highest BCUT2D eigenvalue weighted by molar-refractivity contribution is 6.58. The van der Waals surface area contributed by atoms with Crippen molar-refractivity contribution < 1.29 is 14.4 Å². The van der Waals surface area contributed by atoms with Crippen LogP contribution in [0, 0.1) is 5.82 Å². The topological polar surface area (TPSA) is 40.5 Å². The van der Waals surface area contributed by atoms with E-state index < -0.39 is 7.12 Å². The van der Waals surface area contributed by atoms with Crippen LogP contribution in [0.15, 0.2) is 84.9 Å². The first-order valence-corrected chi connectivity index (χ1v) is 8.37. The molecule has 0 saturated carbocycles. The van der Waals surface area contributed by atoms with Gasteiger partial charge in [-0.1, -0.05) is 72.8 Å². The highest BCUT2D eigenvalue weighted by Crippen LogP contribution is 2.36. The third kappa shape index (κ3) is 3.01. The highest BCUT2D eigenvalue weighted by Gasteiger charge is 2.13. The lowest BCUT2D eigenvalue weighted by molar-refractivity contribution is 0.426. The zero-order chi connectivity index (χ0) is 18.1. The second-order valence-electron chi connectivity index (χ2n) is 6.22. The Balaban J connectivity index is 1.96. The molecule has 126 valence electrons. The molecule has 4 aromatic carbocycles. The second kappa shape index (κ2) is 6.75. The van der Waals surface area contributed by atoms with E-state index in [1.54, 1.807) is 18.2 Å². The molecule has 0 radical (unpaired) electrons. The minimum absolute atomic E-state index is 0.265. The molecule has 4 heteroatoms. The molecule has 0 aliphatic heterocycles. The van der Waals surface area contributed by atoms with Crippen LogP contribution in [-0.2, 0) is 0 Å². The summed E-state index contributed by atoms with van der Waals surface area (Å²) < 4.78 is 13.7. The first-order chi connectivity index (χ1) is 12.6. The van der Waals surface area contributed by atoms with E-state index in [0.29, 0.717) is 5.46 Å². The molecule has 4 aromatic rings. The fourth-order valence-corrected chi connectivity index (χ4v) is 3.31. The van der Waals surface area contributed by atoms with Crippen molar-refractivity contribution in [3.63, 3.8) is 0 Å². The molecule has 0 atom stereocenters. The fourth-order valence-electron chi connectivity index (χ4n) is 3.31. The van der Waals surface area contributed by atoms with Crippen LogP contribution in [0.4, 0.5) is 4.39 Å². The molecule has 4 rings (SSSR count). The van der Waals surface area contributed by atoms with Gasteiger partial charge in [-0.3, -0.25) is 0 Å². The third-order valence-electron chi connectivity index (χ3n) is 4.56. The highest BCUT2D eigenvalue weighted by atomic mass is 19.1. The van der Waals surface area contributed by atoms with Crippen LogP contribution in [0.2, 0.25) is 0 Å². The Labute approximate surface area is 151 Å². The van der Waals surface area contributed by atoms with Gasteiger partial charge >= 0.3 is 7.12 Å². The van der Waals surface area contributed by atoms with Gasteiger partial charge in [0.25, 0.3) is 0 Å². The van der Waals surface area contributed by atoms with Crippen molar-refractivity contribution in [2.45, 2.75) is 0 Å². The van der Waals surface area contributed by atoms with E-state index in [1.807, 2.05) is 54.6 Å². The minimum Gasteiger partial charge on any atom is -0.423 e. The van der Waals surface area contributed by atoms with Gasteiger partial charge in [0.2, 0.25) is 0 Å². The molecule has 2 N–H and O–H groups in total. The van der Waals surface area contributed by atoms with E-state index in [0.717, 1.165) is 33.0 Å². The first-order valence-electron chi connectivity index (χ1n) is 8.37. The predicted octanol–water partition coefficient (Wildman–Crippen LogP) is 3.99. The normalized spacial score (nSPS) is 10.9.